The Bertz CT molecular complexity index is 538. The lowest BCUT2D eigenvalue weighted by atomic mass is 10.1. The van der Waals surface area contributed by atoms with Gasteiger partial charge in [-0.15, -0.1) is 6.58 Å². The van der Waals surface area contributed by atoms with Gasteiger partial charge in [-0.1, -0.05) is 25.1 Å². The summed E-state index contributed by atoms with van der Waals surface area (Å²) in [5.41, 5.74) is 1.24. The van der Waals surface area contributed by atoms with Gasteiger partial charge >= 0.3 is 0 Å². The maximum Gasteiger partial charge on any atom is 0.243 e. The van der Waals surface area contributed by atoms with Crippen LogP contribution in [0.5, 0.6) is 0 Å². The highest BCUT2D eigenvalue weighted by Gasteiger charge is 2.25. The number of aliphatic hydroxyl groups is 1. The summed E-state index contributed by atoms with van der Waals surface area (Å²) in [5.74, 6) is 0. The van der Waals surface area contributed by atoms with E-state index in [9.17, 15) is 13.5 Å². The minimum Gasteiger partial charge on any atom is -0.392 e. The highest BCUT2D eigenvalue weighted by Crippen LogP contribution is 2.23. The molecule has 0 aromatic heterocycles. The molecule has 0 aliphatic heterocycles. The predicted octanol–water partition coefficient (Wildman–Crippen LogP) is 2.07. The molecule has 0 aliphatic carbocycles. The van der Waals surface area contributed by atoms with Gasteiger partial charge in [-0.25, -0.2) is 8.42 Å². The summed E-state index contributed by atoms with van der Waals surface area (Å²) in [6.07, 6.45) is 2.32. The van der Waals surface area contributed by atoms with Crippen molar-refractivity contribution in [2.45, 2.75) is 31.8 Å². The van der Waals surface area contributed by atoms with Crippen LogP contribution in [-0.2, 0) is 16.6 Å². The fourth-order valence-corrected chi connectivity index (χ4v) is 3.72. The van der Waals surface area contributed by atoms with E-state index in [0.29, 0.717) is 24.2 Å². The predicted molar refractivity (Wildman–Crippen MR) is 76.3 cm³/mol. The van der Waals surface area contributed by atoms with E-state index in [0.717, 1.165) is 6.42 Å². The van der Waals surface area contributed by atoms with Gasteiger partial charge in [-0.3, -0.25) is 0 Å². The minimum absolute atomic E-state index is 0.162. The molecule has 0 bridgehead atoms. The molecule has 0 radical (unpaired) electrons. The van der Waals surface area contributed by atoms with Crippen LogP contribution in [0.1, 0.15) is 24.5 Å². The molecule has 5 heteroatoms. The second-order valence-electron chi connectivity index (χ2n) is 4.35. The summed E-state index contributed by atoms with van der Waals surface area (Å²) in [4.78, 5) is 0.259. The molecule has 1 rings (SSSR count). The topological polar surface area (TPSA) is 57.6 Å². The molecule has 0 heterocycles. The monoisotopic (exact) mass is 283 g/mol. The van der Waals surface area contributed by atoms with Crippen LogP contribution in [0.4, 0.5) is 0 Å². The molecule has 0 saturated carbocycles. The molecule has 0 aliphatic rings. The first-order valence-electron chi connectivity index (χ1n) is 6.29. The minimum atomic E-state index is -3.54. The van der Waals surface area contributed by atoms with E-state index in [1.807, 2.05) is 6.92 Å². The van der Waals surface area contributed by atoms with Crippen molar-refractivity contribution in [1.82, 2.24) is 4.31 Å². The lowest BCUT2D eigenvalue weighted by Crippen LogP contribution is -2.32. The van der Waals surface area contributed by atoms with E-state index in [1.165, 1.54) is 4.31 Å². The van der Waals surface area contributed by atoms with Crippen LogP contribution in [0.2, 0.25) is 0 Å². The van der Waals surface area contributed by atoms with Crippen molar-refractivity contribution in [1.29, 1.82) is 0 Å². The standard InChI is InChI=1S/C14H21NO3S/c1-4-9-15(10-5-2)19(17,18)14-8-6-7-13(11-16)12(14)3/h4,6-8,16H,1,5,9-11H2,2-3H3. The molecule has 0 spiro atoms. The molecule has 1 aromatic carbocycles. The second-order valence-corrected chi connectivity index (χ2v) is 6.26. The molecule has 1 N–H and O–H groups in total. The smallest absolute Gasteiger partial charge is 0.243 e. The van der Waals surface area contributed by atoms with E-state index in [-0.39, 0.29) is 11.5 Å². The van der Waals surface area contributed by atoms with Gasteiger partial charge in [0.05, 0.1) is 11.5 Å². The van der Waals surface area contributed by atoms with Crippen molar-refractivity contribution in [3.05, 3.63) is 42.0 Å². The highest BCUT2D eigenvalue weighted by atomic mass is 32.2. The Morgan fingerprint density at radius 3 is 2.63 bits per heavy atom. The molecule has 0 fully saturated rings. The SMILES string of the molecule is C=CCN(CCC)S(=O)(=O)c1cccc(CO)c1C. The van der Waals surface area contributed by atoms with Gasteiger partial charge in [0.1, 0.15) is 0 Å². The summed E-state index contributed by atoms with van der Waals surface area (Å²) in [5, 5.41) is 9.23. The van der Waals surface area contributed by atoms with Crippen LogP contribution < -0.4 is 0 Å². The molecule has 0 unspecified atom stereocenters. The van der Waals surface area contributed by atoms with E-state index in [2.05, 4.69) is 6.58 Å². The third-order valence-corrected chi connectivity index (χ3v) is 5.00. The maximum absolute atomic E-state index is 12.6. The number of hydrogen-bond donors (Lipinski definition) is 1. The summed E-state index contributed by atoms with van der Waals surface area (Å²) in [7, 11) is -3.54. The molecule has 0 saturated heterocycles. The van der Waals surface area contributed by atoms with Crippen LogP contribution >= 0.6 is 0 Å². The van der Waals surface area contributed by atoms with Crippen molar-refractivity contribution in [2.24, 2.45) is 0 Å². The Kier molecular flexibility index (Phi) is 5.72. The van der Waals surface area contributed by atoms with Crippen molar-refractivity contribution >= 4 is 10.0 Å². The third kappa shape index (κ3) is 3.43. The zero-order valence-corrected chi connectivity index (χ0v) is 12.3. The summed E-state index contributed by atoms with van der Waals surface area (Å²) in [6, 6.07) is 4.96. The van der Waals surface area contributed by atoms with Crippen molar-refractivity contribution in [3.8, 4) is 0 Å². The first-order chi connectivity index (χ1) is 8.98. The second kappa shape index (κ2) is 6.84. The van der Waals surface area contributed by atoms with Crippen molar-refractivity contribution < 1.29 is 13.5 Å². The van der Waals surface area contributed by atoms with Crippen LogP contribution in [0.3, 0.4) is 0 Å². The number of benzene rings is 1. The number of aliphatic hydroxyl groups excluding tert-OH is 1. The Labute approximate surface area is 115 Å². The lowest BCUT2D eigenvalue weighted by Gasteiger charge is -2.21. The largest absolute Gasteiger partial charge is 0.392 e. The van der Waals surface area contributed by atoms with Crippen molar-refractivity contribution in [2.75, 3.05) is 13.1 Å². The van der Waals surface area contributed by atoms with E-state index >= 15 is 0 Å². The Hall–Kier alpha value is -1.17. The Balaban J connectivity index is 3.28. The van der Waals surface area contributed by atoms with E-state index in [1.54, 1.807) is 31.2 Å². The van der Waals surface area contributed by atoms with E-state index in [4.69, 9.17) is 0 Å². The quantitative estimate of drug-likeness (QED) is 0.779. The number of sulfonamides is 1. The lowest BCUT2D eigenvalue weighted by molar-refractivity contribution is 0.280. The van der Waals surface area contributed by atoms with Gasteiger partial charge in [0, 0.05) is 13.1 Å². The summed E-state index contributed by atoms with van der Waals surface area (Å²) < 4.78 is 26.6. The molecule has 19 heavy (non-hydrogen) atoms. The molecule has 1 aromatic rings. The number of rotatable bonds is 7. The Morgan fingerprint density at radius 2 is 2.11 bits per heavy atom. The average molecular weight is 283 g/mol. The van der Waals surface area contributed by atoms with Gasteiger partial charge in [0.2, 0.25) is 10.0 Å². The summed E-state index contributed by atoms with van der Waals surface area (Å²) in [6.45, 7) is 7.84. The molecule has 106 valence electrons. The third-order valence-electron chi connectivity index (χ3n) is 2.99. The van der Waals surface area contributed by atoms with Gasteiger partial charge in [-0.05, 0) is 30.5 Å². The zero-order valence-electron chi connectivity index (χ0n) is 11.5. The zero-order chi connectivity index (χ0) is 14.5. The average Bonchev–Trinajstić information content (AvgIpc) is 2.38. The number of nitrogens with zero attached hydrogens (tertiary/aromatic N) is 1. The number of hydrogen-bond acceptors (Lipinski definition) is 3. The van der Waals surface area contributed by atoms with Gasteiger partial charge < -0.3 is 5.11 Å². The van der Waals surface area contributed by atoms with Crippen LogP contribution in [0.25, 0.3) is 0 Å². The maximum atomic E-state index is 12.6. The molecular formula is C14H21NO3S. The first kappa shape index (κ1) is 15.9. The van der Waals surface area contributed by atoms with E-state index < -0.39 is 10.0 Å². The molecular weight excluding hydrogens is 262 g/mol. The van der Waals surface area contributed by atoms with Gasteiger partial charge in [0.15, 0.2) is 0 Å². The van der Waals surface area contributed by atoms with Crippen molar-refractivity contribution in [3.63, 3.8) is 0 Å². The molecule has 4 nitrogen and oxygen atoms in total. The Morgan fingerprint density at radius 1 is 1.42 bits per heavy atom. The first-order valence-corrected chi connectivity index (χ1v) is 7.73. The van der Waals surface area contributed by atoms with Crippen LogP contribution in [-0.4, -0.2) is 30.9 Å². The molecule has 0 atom stereocenters. The normalized spacial score (nSPS) is 11.8. The fourth-order valence-electron chi connectivity index (χ4n) is 1.95. The van der Waals surface area contributed by atoms with Crippen LogP contribution in [0, 0.1) is 6.92 Å². The highest BCUT2D eigenvalue weighted by molar-refractivity contribution is 7.89. The van der Waals surface area contributed by atoms with Crippen LogP contribution in [0.15, 0.2) is 35.7 Å². The summed E-state index contributed by atoms with van der Waals surface area (Å²) >= 11 is 0. The molecule has 0 amide bonds. The fraction of sp³-hybridized carbons (Fsp3) is 0.429. The van der Waals surface area contributed by atoms with Gasteiger partial charge in [-0.2, -0.15) is 4.31 Å². The van der Waals surface area contributed by atoms with Gasteiger partial charge in [0.25, 0.3) is 0 Å².